The summed E-state index contributed by atoms with van der Waals surface area (Å²) < 4.78 is 34.0. The molecule has 0 saturated carbocycles. The van der Waals surface area contributed by atoms with Gasteiger partial charge in [0.25, 0.3) is 0 Å². The average molecular weight is 413 g/mol. The van der Waals surface area contributed by atoms with Gasteiger partial charge in [-0.3, -0.25) is 4.90 Å². The summed E-state index contributed by atoms with van der Waals surface area (Å²) in [4.78, 5) is 2.94. The maximum absolute atomic E-state index is 12.8. The highest BCUT2D eigenvalue weighted by Crippen LogP contribution is 2.28. The van der Waals surface area contributed by atoms with Gasteiger partial charge in [0.15, 0.2) is 0 Å². The van der Waals surface area contributed by atoms with Crippen molar-refractivity contribution < 1.29 is 13.2 Å². The summed E-state index contributed by atoms with van der Waals surface area (Å²) in [5, 5.41) is 0. The molecule has 5 nitrogen and oxygen atoms in total. The normalized spacial score (nSPS) is 22.3. The van der Waals surface area contributed by atoms with Crippen LogP contribution in [0.1, 0.15) is 37.3 Å². The summed E-state index contributed by atoms with van der Waals surface area (Å²) in [7, 11) is -3.49. The summed E-state index contributed by atoms with van der Waals surface area (Å²) in [6.07, 6.45) is 3.45. The Morgan fingerprint density at radius 3 is 2.41 bits per heavy atom. The average Bonchev–Trinajstić information content (AvgIpc) is 3.18. The smallest absolute Gasteiger partial charge is 0.240 e. The molecule has 0 aromatic heterocycles. The van der Waals surface area contributed by atoms with Gasteiger partial charge in [-0.15, -0.1) is 0 Å². The molecule has 2 aliphatic heterocycles. The van der Waals surface area contributed by atoms with E-state index in [1.165, 1.54) is 17.9 Å². The highest BCUT2D eigenvalue weighted by atomic mass is 32.2. The lowest BCUT2D eigenvalue weighted by Gasteiger charge is -2.35. The van der Waals surface area contributed by atoms with E-state index in [4.69, 9.17) is 4.74 Å². The minimum Gasteiger partial charge on any atom is -0.493 e. The number of rotatable bonds is 7. The van der Waals surface area contributed by atoms with Crippen LogP contribution in [0.3, 0.4) is 0 Å². The van der Waals surface area contributed by atoms with E-state index >= 15 is 0 Å². The molecular formula is C20H32N2O3S2. The van der Waals surface area contributed by atoms with E-state index in [1.807, 2.05) is 20.8 Å². The Balaban J connectivity index is 1.56. The third kappa shape index (κ3) is 5.19. The second kappa shape index (κ2) is 9.16. The van der Waals surface area contributed by atoms with Gasteiger partial charge in [-0.25, -0.2) is 13.1 Å². The van der Waals surface area contributed by atoms with Gasteiger partial charge in [-0.2, -0.15) is 11.8 Å². The van der Waals surface area contributed by atoms with Crippen molar-refractivity contribution in [1.29, 1.82) is 0 Å². The molecule has 1 aromatic rings. The van der Waals surface area contributed by atoms with Gasteiger partial charge in [0, 0.05) is 18.3 Å². The minimum atomic E-state index is -3.49. The molecule has 0 radical (unpaired) electrons. The largest absolute Gasteiger partial charge is 0.493 e. The highest BCUT2D eigenvalue weighted by Gasteiger charge is 2.28. The Bertz CT molecular complexity index is 715. The molecule has 0 bridgehead atoms. The summed E-state index contributed by atoms with van der Waals surface area (Å²) in [6, 6.07) is 4.16. The molecule has 3 rings (SSSR count). The van der Waals surface area contributed by atoms with E-state index in [1.54, 1.807) is 12.1 Å². The number of nitrogens with one attached hydrogen (secondary N) is 1. The minimum absolute atomic E-state index is 0.335. The van der Waals surface area contributed by atoms with Gasteiger partial charge >= 0.3 is 0 Å². The second-order valence-electron chi connectivity index (χ2n) is 7.67. The van der Waals surface area contributed by atoms with Crippen molar-refractivity contribution in [2.75, 3.05) is 37.7 Å². The van der Waals surface area contributed by atoms with Gasteiger partial charge in [-0.1, -0.05) is 0 Å². The molecule has 0 spiro atoms. The van der Waals surface area contributed by atoms with Gasteiger partial charge in [0.2, 0.25) is 10.0 Å². The van der Waals surface area contributed by atoms with Gasteiger partial charge in [-0.05, 0) is 88.1 Å². The van der Waals surface area contributed by atoms with Crippen LogP contribution < -0.4 is 9.46 Å². The van der Waals surface area contributed by atoms with Crippen molar-refractivity contribution in [3.8, 4) is 5.75 Å². The Morgan fingerprint density at radius 1 is 1.19 bits per heavy atom. The Hall–Kier alpha value is -0.760. The lowest BCUT2D eigenvalue weighted by molar-refractivity contribution is 0.145. The van der Waals surface area contributed by atoms with E-state index in [-0.39, 0.29) is 0 Å². The molecule has 1 unspecified atom stereocenters. The lowest BCUT2D eigenvalue weighted by Crippen LogP contribution is -2.43. The molecule has 2 aliphatic rings. The molecule has 2 heterocycles. The number of ether oxygens (including phenoxy) is 1. The number of nitrogens with zero attached hydrogens (tertiary/aromatic N) is 1. The molecule has 2 fully saturated rings. The maximum Gasteiger partial charge on any atom is 0.240 e. The summed E-state index contributed by atoms with van der Waals surface area (Å²) in [6.45, 7) is 9.02. The first-order valence-corrected chi connectivity index (χ1v) is 12.6. The van der Waals surface area contributed by atoms with Gasteiger partial charge in [0.05, 0.1) is 11.5 Å². The second-order valence-corrected chi connectivity index (χ2v) is 10.6. The van der Waals surface area contributed by atoms with E-state index in [9.17, 15) is 8.42 Å². The fraction of sp³-hybridized carbons (Fsp3) is 0.700. The fourth-order valence-electron chi connectivity index (χ4n) is 4.08. The predicted octanol–water partition coefficient (Wildman–Crippen LogP) is 3.20. The summed E-state index contributed by atoms with van der Waals surface area (Å²) in [5.41, 5.74) is 1.72. The Kier molecular flexibility index (Phi) is 7.11. The van der Waals surface area contributed by atoms with Crippen LogP contribution in [0.2, 0.25) is 0 Å². The molecule has 7 heteroatoms. The van der Waals surface area contributed by atoms with Crippen molar-refractivity contribution in [3.05, 3.63) is 23.3 Å². The topological polar surface area (TPSA) is 58.6 Å². The van der Waals surface area contributed by atoms with Crippen LogP contribution in [0.15, 0.2) is 17.0 Å². The van der Waals surface area contributed by atoms with Crippen molar-refractivity contribution in [1.82, 2.24) is 9.62 Å². The first kappa shape index (κ1) is 21.0. The first-order chi connectivity index (χ1) is 12.9. The SMILES string of the molecule is CCOc1c(C)cc(S(=O)(=O)NCC2CCN(C3CCSC3)CC2)cc1C. The van der Waals surface area contributed by atoms with Crippen molar-refractivity contribution >= 4 is 21.8 Å². The molecule has 2 saturated heterocycles. The maximum atomic E-state index is 12.8. The lowest BCUT2D eigenvalue weighted by atomic mass is 9.96. The van der Waals surface area contributed by atoms with E-state index in [0.29, 0.717) is 24.0 Å². The van der Waals surface area contributed by atoms with Gasteiger partial charge < -0.3 is 4.74 Å². The number of thioether (sulfide) groups is 1. The van der Waals surface area contributed by atoms with Crippen LogP contribution in [0.5, 0.6) is 5.75 Å². The number of hydrogen-bond donors (Lipinski definition) is 1. The summed E-state index contributed by atoms with van der Waals surface area (Å²) >= 11 is 2.05. The third-order valence-corrected chi connectivity index (χ3v) is 8.21. The molecule has 1 N–H and O–H groups in total. The Labute approximate surface area is 168 Å². The van der Waals surface area contributed by atoms with Gasteiger partial charge in [0.1, 0.15) is 5.75 Å². The fourth-order valence-corrected chi connectivity index (χ4v) is 6.62. The van der Waals surface area contributed by atoms with Crippen molar-refractivity contribution in [3.63, 3.8) is 0 Å². The van der Waals surface area contributed by atoms with Crippen LogP contribution in [0.4, 0.5) is 0 Å². The molecule has 1 atom stereocenters. The van der Waals surface area contributed by atoms with E-state index in [2.05, 4.69) is 21.4 Å². The Morgan fingerprint density at radius 2 is 1.85 bits per heavy atom. The number of piperidine rings is 1. The molecular weight excluding hydrogens is 380 g/mol. The molecule has 152 valence electrons. The quantitative estimate of drug-likeness (QED) is 0.745. The van der Waals surface area contributed by atoms with Crippen LogP contribution in [-0.4, -0.2) is 57.1 Å². The number of likely N-dealkylation sites (tertiary alicyclic amines) is 1. The number of aryl methyl sites for hydroxylation is 2. The number of benzene rings is 1. The number of sulfonamides is 1. The zero-order chi connectivity index (χ0) is 19.4. The van der Waals surface area contributed by atoms with E-state index < -0.39 is 10.0 Å². The van der Waals surface area contributed by atoms with Crippen LogP contribution in [0.25, 0.3) is 0 Å². The number of hydrogen-bond acceptors (Lipinski definition) is 5. The highest BCUT2D eigenvalue weighted by molar-refractivity contribution is 7.99. The first-order valence-electron chi connectivity index (χ1n) is 9.96. The predicted molar refractivity (Wildman–Crippen MR) is 112 cm³/mol. The zero-order valence-corrected chi connectivity index (χ0v) is 18.3. The summed E-state index contributed by atoms with van der Waals surface area (Å²) in [5.74, 6) is 3.75. The van der Waals surface area contributed by atoms with Crippen molar-refractivity contribution in [2.24, 2.45) is 5.92 Å². The van der Waals surface area contributed by atoms with Crippen molar-refractivity contribution in [2.45, 2.75) is 51.0 Å². The third-order valence-electron chi connectivity index (χ3n) is 5.67. The van der Waals surface area contributed by atoms with Crippen LogP contribution >= 0.6 is 11.8 Å². The molecule has 1 aromatic carbocycles. The standard InChI is InChI=1S/C20H32N2O3S2/c1-4-25-20-15(2)11-19(12-16(20)3)27(23,24)21-13-17-5-8-22(9-6-17)18-7-10-26-14-18/h11-12,17-18,21H,4-10,13-14H2,1-3H3. The monoisotopic (exact) mass is 412 g/mol. The molecule has 0 aliphatic carbocycles. The molecule has 27 heavy (non-hydrogen) atoms. The zero-order valence-electron chi connectivity index (χ0n) is 16.7. The van der Waals surface area contributed by atoms with Crippen LogP contribution in [0, 0.1) is 19.8 Å². The van der Waals surface area contributed by atoms with Crippen LogP contribution in [-0.2, 0) is 10.0 Å². The van der Waals surface area contributed by atoms with E-state index in [0.717, 1.165) is 48.8 Å². The molecule has 0 amide bonds.